The van der Waals surface area contributed by atoms with E-state index in [2.05, 4.69) is 47.4 Å². The highest BCUT2D eigenvalue weighted by molar-refractivity contribution is 6.33. The van der Waals surface area contributed by atoms with Crippen molar-refractivity contribution < 1.29 is 0 Å². The maximum Gasteiger partial charge on any atom is 0.0643 e. The second-order valence-corrected chi connectivity index (χ2v) is 4.43. The van der Waals surface area contributed by atoms with Crippen molar-refractivity contribution in [2.75, 3.05) is 11.4 Å². The number of hydrogen-bond donors (Lipinski definition) is 0. The highest BCUT2D eigenvalue weighted by Gasteiger charge is 2.15. The molecular formula is C15H12ClN. The predicted octanol–water partition coefficient (Wildman–Crippen LogP) is 4.50. The van der Waals surface area contributed by atoms with Crippen LogP contribution in [0.3, 0.4) is 0 Å². The lowest BCUT2D eigenvalue weighted by Gasteiger charge is -2.28. The molecule has 1 aliphatic heterocycles. The molecule has 84 valence electrons. The fourth-order valence-electron chi connectivity index (χ4n) is 2.16. The van der Waals surface area contributed by atoms with E-state index in [9.17, 15) is 0 Å². The van der Waals surface area contributed by atoms with Crippen LogP contribution in [0.2, 0.25) is 5.02 Å². The van der Waals surface area contributed by atoms with Crippen LogP contribution in [0.15, 0.2) is 54.6 Å². The van der Waals surface area contributed by atoms with Crippen molar-refractivity contribution in [2.24, 2.45) is 0 Å². The summed E-state index contributed by atoms with van der Waals surface area (Å²) in [5.41, 5.74) is 3.51. The molecule has 17 heavy (non-hydrogen) atoms. The van der Waals surface area contributed by atoms with Gasteiger partial charge in [0.15, 0.2) is 0 Å². The van der Waals surface area contributed by atoms with Crippen LogP contribution >= 0.6 is 11.6 Å². The summed E-state index contributed by atoms with van der Waals surface area (Å²) in [6.07, 6.45) is 4.31. The molecule has 1 nitrogen and oxygen atoms in total. The highest BCUT2D eigenvalue weighted by Crippen LogP contribution is 2.35. The third-order valence-corrected chi connectivity index (χ3v) is 3.28. The van der Waals surface area contributed by atoms with E-state index in [0.29, 0.717) is 0 Å². The summed E-state index contributed by atoms with van der Waals surface area (Å²) in [6, 6.07) is 16.3. The van der Waals surface area contributed by atoms with Crippen molar-refractivity contribution in [3.8, 4) is 0 Å². The molecule has 0 aliphatic carbocycles. The predicted molar refractivity (Wildman–Crippen MR) is 73.9 cm³/mol. The zero-order valence-corrected chi connectivity index (χ0v) is 10.1. The Hall–Kier alpha value is -1.73. The van der Waals surface area contributed by atoms with Gasteiger partial charge in [-0.1, -0.05) is 54.1 Å². The molecule has 0 bridgehead atoms. The van der Waals surface area contributed by atoms with E-state index in [1.54, 1.807) is 0 Å². The molecule has 0 aromatic heterocycles. The van der Waals surface area contributed by atoms with Gasteiger partial charge in [0.05, 0.1) is 10.7 Å². The minimum absolute atomic E-state index is 0.789. The first-order valence-corrected chi connectivity index (χ1v) is 6.02. The molecule has 0 saturated carbocycles. The topological polar surface area (TPSA) is 3.24 Å². The summed E-state index contributed by atoms with van der Waals surface area (Å²) in [4.78, 5) is 2.23. The van der Waals surface area contributed by atoms with Crippen LogP contribution in [0.1, 0.15) is 5.56 Å². The van der Waals surface area contributed by atoms with Gasteiger partial charge in [-0.2, -0.15) is 0 Å². The minimum Gasteiger partial charge on any atom is -0.336 e. The zero-order valence-electron chi connectivity index (χ0n) is 9.31. The van der Waals surface area contributed by atoms with Crippen LogP contribution in [0.5, 0.6) is 0 Å². The van der Waals surface area contributed by atoms with Crippen LogP contribution in [0.25, 0.3) is 6.08 Å². The molecule has 0 N–H and O–H groups in total. The lowest BCUT2D eigenvalue weighted by atomic mass is 10.1. The summed E-state index contributed by atoms with van der Waals surface area (Å²) >= 11 is 6.26. The molecule has 0 atom stereocenters. The van der Waals surface area contributed by atoms with E-state index >= 15 is 0 Å². The molecule has 0 radical (unpaired) electrons. The summed E-state index contributed by atoms with van der Waals surface area (Å²) in [7, 11) is 0. The largest absolute Gasteiger partial charge is 0.336 e. The Morgan fingerprint density at radius 2 is 1.59 bits per heavy atom. The number of rotatable bonds is 1. The van der Waals surface area contributed by atoms with Gasteiger partial charge in [0.1, 0.15) is 0 Å². The van der Waals surface area contributed by atoms with Gasteiger partial charge in [0.25, 0.3) is 0 Å². The fourth-order valence-corrected chi connectivity index (χ4v) is 2.39. The molecule has 0 saturated heterocycles. The summed E-state index contributed by atoms with van der Waals surface area (Å²) in [5.74, 6) is 0. The highest BCUT2D eigenvalue weighted by atomic mass is 35.5. The van der Waals surface area contributed by atoms with Gasteiger partial charge in [-0.05, 0) is 23.8 Å². The van der Waals surface area contributed by atoms with Gasteiger partial charge in [0, 0.05) is 12.2 Å². The Bertz CT molecular complexity index is 575. The maximum atomic E-state index is 6.26. The van der Waals surface area contributed by atoms with Crippen molar-refractivity contribution in [2.45, 2.75) is 0 Å². The van der Waals surface area contributed by atoms with E-state index in [-0.39, 0.29) is 0 Å². The van der Waals surface area contributed by atoms with Crippen LogP contribution < -0.4 is 4.90 Å². The lowest BCUT2D eigenvalue weighted by Crippen LogP contribution is -2.20. The Balaban J connectivity index is 2.12. The molecule has 2 heteroatoms. The summed E-state index contributed by atoms with van der Waals surface area (Å²) < 4.78 is 0. The van der Waals surface area contributed by atoms with Crippen molar-refractivity contribution in [3.63, 3.8) is 0 Å². The molecule has 2 aromatic carbocycles. The average molecular weight is 242 g/mol. The SMILES string of the molecule is Clc1ccccc1N1CC=Cc2ccccc21. The van der Waals surface area contributed by atoms with Crippen LogP contribution in [0, 0.1) is 0 Å². The normalized spacial score (nSPS) is 13.6. The molecule has 3 rings (SSSR count). The van der Waals surface area contributed by atoms with Crippen molar-refractivity contribution in [3.05, 3.63) is 65.2 Å². The van der Waals surface area contributed by atoms with E-state index < -0.39 is 0 Å². The van der Waals surface area contributed by atoms with Gasteiger partial charge in [-0.25, -0.2) is 0 Å². The first kappa shape index (κ1) is 10.4. The van der Waals surface area contributed by atoms with Crippen LogP contribution in [-0.2, 0) is 0 Å². The van der Waals surface area contributed by atoms with Gasteiger partial charge in [0.2, 0.25) is 0 Å². The van der Waals surface area contributed by atoms with E-state index in [0.717, 1.165) is 17.3 Å². The monoisotopic (exact) mass is 241 g/mol. The van der Waals surface area contributed by atoms with Crippen LogP contribution in [0.4, 0.5) is 11.4 Å². The lowest BCUT2D eigenvalue weighted by molar-refractivity contribution is 1.08. The van der Waals surface area contributed by atoms with Gasteiger partial charge in [-0.15, -0.1) is 0 Å². The molecule has 1 heterocycles. The van der Waals surface area contributed by atoms with Gasteiger partial charge in [-0.3, -0.25) is 0 Å². The van der Waals surface area contributed by atoms with Gasteiger partial charge < -0.3 is 4.90 Å². The average Bonchev–Trinajstić information content (AvgIpc) is 2.39. The van der Waals surface area contributed by atoms with E-state index in [1.165, 1.54) is 11.3 Å². The summed E-state index contributed by atoms with van der Waals surface area (Å²) in [5, 5.41) is 0.789. The second-order valence-electron chi connectivity index (χ2n) is 4.02. The molecule has 0 unspecified atom stereocenters. The Kier molecular flexibility index (Phi) is 2.62. The first-order chi connectivity index (χ1) is 8.36. The standard InChI is InChI=1S/C15H12ClN/c16-13-8-2-4-10-15(13)17-11-5-7-12-6-1-3-9-14(12)17/h1-10H,11H2. The Labute approximate surface area is 106 Å². The number of fused-ring (bicyclic) bond motifs is 1. The zero-order chi connectivity index (χ0) is 11.7. The third kappa shape index (κ3) is 1.83. The number of benzene rings is 2. The molecule has 0 fully saturated rings. The van der Waals surface area contributed by atoms with Crippen molar-refractivity contribution in [1.29, 1.82) is 0 Å². The van der Waals surface area contributed by atoms with Crippen molar-refractivity contribution in [1.82, 2.24) is 0 Å². The van der Waals surface area contributed by atoms with Gasteiger partial charge >= 0.3 is 0 Å². The number of hydrogen-bond acceptors (Lipinski definition) is 1. The molecule has 0 spiro atoms. The number of anilines is 2. The number of nitrogens with zero attached hydrogens (tertiary/aromatic N) is 1. The Morgan fingerprint density at radius 3 is 2.41 bits per heavy atom. The molecule has 1 aliphatic rings. The quantitative estimate of drug-likeness (QED) is 0.710. The third-order valence-electron chi connectivity index (χ3n) is 2.96. The van der Waals surface area contributed by atoms with E-state index in [1.807, 2.05) is 18.2 Å². The van der Waals surface area contributed by atoms with E-state index in [4.69, 9.17) is 11.6 Å². The first-order valence-electron chi connectivity index (χ1n) is 5.64. The molecular weight excluding hydrogens is 230 g/mol. The number of halogens is 1. The molecule has 0 amide bonds. The Morgan fingerprint density at radius 1 is 0.882 bits per heavy atom. The maximum absolute atomic E-state index is 6.26. The van der Waals surface area contributed by atoms with Crippen LogP contribution in [-0.4, -0.2) is 6.54 Å². The fraction of sp³-hybridized carbons (Fsp3) is 0.0667. The summed E-state index contributed by atoms with van der Waals surface area (Å²) in [6.45, 7) is 0.862. The second kappa shape index (κ2) is 4.27. The smallest absolute Gasteiger partial charge is 0.0643 e. The number of para-hydroxylation sites is 2. The molecule has 2 aromatic rings. The van der Waals surface area contributed by atoms with Crippen molar-refractivity contribution >= 4 is 29.1 Å². The minimum atomic E-state index is 0.789.